The van der Waals surface area contributed by atoms with E-state index in [4.69, 9.17) is 5.73 Å². The quantitative estimate of drug-likeness (QED) is 0.926. The smallest absolute Gasteiger partial charge is 0.132 e. The first-order valence-electron chi connectivity index (χ1n) is 6.93. The maximum atomic E-state index is 13.9. The molecule has 1 aliphatic carbocycles. The maximum absolute atomic E-state index is 13.9. The van der Waals surface area contributed by atoms with Crippen LogP contribution in [0.2, 0.25) is 0 Å². The number of hydrogen-bond acceptors (Lipinski definition) is 2. The van der Waals surface area contributed by atoms with Gasteiger partial charge in [0.15, 0.2) is 0 Å². The molecule has 1 saturated carbocycles. The maximum Gasteiger partial charge on any atom is 0.132 e. The SMILES string of the molecule is CCCn1c(C2CC2)nc(-c2cc(F)ccc2F)c1N. The lowest BCUT2D eigenvalue weighted by Crippen LogP contribution is -2.06. The molecule has 1 aliphatic rings. The number of nitrogens with zero attached hydrogens (tertiary/aromatic N) is 2. The normalized spacial score (nSPS) is 14.8. The summed E-state index contributed by atoms with van der Waals surface area (Å²) < 4.78 is 29.2. The number of aromatic nitrogens is 2. The van der Waals surface area contributed by atoms with Crippen molar-refractivity contribution < 1.29 is 8.78 Å². The third kappa shape index (κ3) is 2.17. The monoisotopic (exact) mass is 277 g/mol. The fraction of sp³-hybridized carbons (Fsp3) is 0.400. The zero-order chi connectivity index (χ0) is 14.3. The predicted molar refractivity (Wildman–Crippen MR) is 74.3 cm³/mol. The second-order valence-electron chi connectivity index (χ2n) is 5.25. The number of hydrogen-bond donors (Lipinski definition) is 1. The average molecular weight is 277 g/mol. The Morgan fingerprint density at radius 1 is 1.35 bits per heavy atom. The molecule has 0 amide bonds. The van der Waals surface area contributed by atoms with Gasteiger partial charge in [-0.15, -0.1) is 0 Å². The van der Waals surface area contributed by atoms with Crippen LogP contribution in [0.4, 0.5) is 14.6 Å². The van der Waals surface area contributed by atoms with Crippen molar-refractivity contribution in [3.8, 4) is 11.3 Å². The van der Waals surface area contributed by atoms with Crippen LogP contribution in [0.25, 0.3) is 11.3 Å². The van der Waals surface area contributed by atoms with Crippen LogP contribution in [0.5, 0.6) is 0 Å². The molecule has 1 heterocycles. The molecule has 2 N–H and O–H groups in total. The average Bonchev–Trinajstić information content (AvgIpc) is 3.21. The van der Waals surface area contributed by atoms with Crippen molar-refractivity contribution in [1.82, 2.24) is 9.55 Å². The van der Waals surface area contributed by atoms with Crippen LogP contribution in [0.3, 0.4) is 0 Å². The summed E-state index contributed by atoms with van der Waals surface area (Å²) in [5.41, 5.74) is 6.61. The largest absolute Gasteiger partial charge is 0.383 e. The highest BCUT2D eigenvalue weighted by Crippen LogP contribution is 2.42. The van der Waals surface area contributed by atoms with Crippen molar-refractivity contribution in [2.45, 2.75) is 38.6 Å². The fourth-order valence-corrected chi connectivity index (χ4v) is 2.47. The molecule has 0 spiro atoms. The van der Waals surface area contributed by atoms with Crippen molar-refractivity contribution >= 4 is 5.82 Å². The molecule has 1 fully saturated rings. The van der Waals surface area contributed by atoms with Gasteiger partial charge in [-0.3, -0.25) is 0 Å². The van der Waals surface area contributed by atoms with E-state index >= 15 is 0 Å². The summed E-state index contributed by atoms with van der Waals surface area (Å²) in [5.74, 6) is 0.760. The molecule has 1 aromatic carbocycles. The summed E-state index contributed by atoms with van der Waals surface area (Å²) in [4.78, 5) is 4.49. The predicted octanol–water partition coefficient (Wildman–Crippen LogP) is 3.70. The molecule has 5 heteroatoms. The molecule has 2 aromatic rings. The molecule has 3 nitrogen and oxygen atoms in total. The lowest BCUT2D eigenvalue weighted by atomic mass is 10.1. The van der Waals surface area contributed by atoms with Gasteiger partial charge in [-0.05, 0) is 37.5 Å². The Kier molecular flexibility index (Phi) is 3.20. The van der Waals surface area contributed by atoms with Crippen LogP contribution in [0.15, 0.2) is 18.2 Å². The summed E-state index contributed by atoms with van der Waals surface area (Å²) in [6.45, 7) is 2.81. The highest BCUT2D eigenvalue weighted by atomic mass is 19.1. The standard InChI is InChI=1S/C15H17F2N3/c1-2-7-20-14(18)13(19-15(20)9-3-4-9)11-8-10(16)5-6-12(11)17/h5-6,8-9H,2-4,7,18H2,1H3. The van der Waals surface area contributed by atoms with Crippen molar-refractivity contribution in [3.63, 3.8) is 0 Å². The number of nitrogen functional groups attached to an aromatic ring is 1. The van der Waals surface area contributed by atoms with Gasteiger partial charge < -0.3 is 10.3 Å². The Balaban J connectivity index is 2.13. The lowest BCUT2D eigenvalue weighted by Gasteiger charge is -2.07. The third-order valence-electron chi connectivity index (χ3n) is 3.61. The van der Waals surface area contributed by atoms with Gasteiger partial charge in [0.2, 0.25) is 0 Å². The van der Waals surface area contributed by atoms with Crippen LogP contribution in [-0.4, -0.2) is 9.55 Å². The zero-order valence-electron chi connectivity index (χ0n) is 11.4. The highest BCUT2D eigenvalue weighted by Gasteiger charge is 2.31. The Morgan fingerprint density at radius 3 is 2.75 bits per heavy atom. The minimum atomic E-state index is -0.499. The summed E-state index contributed by atoms with van der Waals surface area (Å²) >= 11 is 0. The summed E-state index contributed by atoms with van der Waals surface area (Å²) in [6.07, 6.45) is 3.10. The molecule has 3 rings (SSSR count). The van der Waals surface area contributed by atoms with Gasteiger partial charge in [0.25, 0.3) is 0 Å². The third-order valence-corrected chi connectivity index (χ3v) is 3.61. The number of benzene rings is 1. The lowest BCUT2D eigenvalue weighted by molar-refractivity contribution is 0.603. The first kappa shape index (κ1) is 13.1. The van der Waals surface area contributed by atoms with Crippen molar-refractivity contribution in [3.05, 3.63) is 35.7 Å². The van der Waals surface area contributed by atoms with Crippen LogP contribution in [0, 0.1) is 11.6 Å². The van der Waals surface area contributed by atoms with Gasteiger partial charge in [-0.1, -0.05) is 6.92 Å². The molecular weight excluding hydrogens is 260 g/mol. The van der Waals surface area contributed by atoms with Crippen LogP contribution in [0.1, 0.15) is 37.9 Å². The van der Waals surface area contributed by atoms with Crippen LogP contribution >= 0.6 is 0 Å². The summed E-state index contributed by atoms with van der Waals surface area (Å²) in [5, 5.41) is 0. The first-order valence-corrected chi connectivity index (χ1v) is 6.93. The molecule has 20 heavy (non-hydrogen) atoms. The minimum Gasteiger partial charge on any atom is -0.383 e. The zero-order valence-corrected chi connectivity index (χ0v) is 11.4. The highest BCUT2D eigenvalue weighted by molar-refractivity contribution is 5.71. The minimum absolute atomic E-state index is 0.138. The van der Waals surface area contributed by atoms with Crippen molar-refractivity contribution in [1.29, 1.82) is 0 Å². The summed E-state index contributed by atoms with van der Waals surface area (Å²) in [7, 11) is 0. The van der Waals surface area contributed by atoms with Gasteiger partial charge in [-0.2, -0.15) is 0 Å². The molecule has 0 saturated heterocycles. The van der Waals surface area contributed by atoms with E-state index in [2.05, 4.69) is 11.9 Å². The first-order chi connectivity index (χ1) is 9.61. The topological polar surface area (TPSA) is 43.8 Å². The van der Waals surface area contributed by atoms with E-state index in [9.17, 15) is 8.78 Å². The number of nitrogens with two attached hydrogens (primary N) is 1. The number of anilines is 1. The van der Waals surface area contributed by atoms with Crippen molar-refractivity contribution in [2.24, 2.45) is 0 Å². The molecule has 106 valence electrons. The van der Waals surface area contributed by atoms with E-state index in [0.29, 0.717) is 17.4 Å². The van der Waals surface area contributed by atoms with E-state index < -0.39 is 11.6 Å². The second kappa shape index (κ2) is 4.89. The van der Waals surface area contributed by atoms with Gasteiger partial charge in [0.05, 0.1) is 0 Å². The van der Waals surface area contributed by atoms with Gasteiger partial charge in [-0.25, -0.2) is 13.8 Å². The molecule has 1 aromatic heterocycles. The molecule has 0 aliphatic heterocycles. The van der Waals surface area contributed by atoms with Gasteiger partial charge in [0, 0.05) is 18.0 Å². The molecule has 0 bridgehead atoms. The second-order valence-corrected chi connectivity index (χ2v) is 5.25. The number of halogens is 2. The van der Waals surface area contributed by atoms with E-state index in [0.717, 1.165) is 49.8 Å². The van der Waals surface area contributed by atoms with Gasteiger partial charge >= 0.3 is 0 Å². The van der Waals surface area contributed by atoms with E-state index in [1.54, 1.807) is 0 Å². The van der Waals surface area contributed by atoms with E-state index in [-0.39, 0.29) is 5.56 Å². The van der Waals surface area contributed by atoms with Gasteiger partial charge in [0.1, 0.15) is 29.0 Å². The Hall–Kier alpha value is -1.91. The fourth-order valence-electron chi connectivity index (χ4n) is 2.47. The van der Waals surface area contributed by atoms with Crippen molar-refractivity contribution in [2.75, 3.05) is 5.73 Å². The Bertz CT molecular complexity index is 645. The Morgan fingerprint density at radius 2 is 2.10 bits per heavy atom. The molecule has 0 atom stereocenters. The molecule has 0 radical (unpaired) electrons. The molecular formula is C15H17F2N3. The summed E-state index contributed by atoms with van der Waals surface area (Å²) in [6, 6.07) is 3.36. The van der Waals surface area contributed by atoms with E-state index in [1.165, 1.54) is 0 Å². The van der Waals surface area contributed by atoms with E-state index in [1.807, 2.05) is 4.57 Å². The molecule has 0 unspecified atom stereocenters. The van der Waals surface area contributed by atoms with Crippen LogP contribution < -0.4 is 5.73 Å². The number of imidazole rings is 1. The number of rotatable bonds is 4. The van der Waals surface area contributed by atoms with Crippen LogP contribution in [-0.2, 0) is 6.54 Å². The Labute approximate surface area is 116 Å².